The summed E-state index contributed by atoms with van der Waals surface area (Å²) in [5.41, 5.74) is 1.78. The monoisotopic (exact) mass is 427 g/mol. The number of urea groups is 1. The molecule has 3 amide bonds. The van der Waals surface area contributed by atoms with Crippen LogP contribution in [0, 0.1) is 6.92 Å². The van der Waals surface area contributed by atoms with Crippen LogP contribution in [0.3, 0.4) is 0 Å². The Morgan fingerprint density at radius 2 is 1.77 bits per heavy atom. The second kappa shape index (κ2) is 9.55. The molecule has 1 saturated carbocycles. The number of nitrogens with zero attached hydrogens (tertiary/aromatic N) is 4. The van der Waals surface area contributed by atoms with Gasteiger partial charge >= 0.3 is 6.03 Å². The molecule has 2 heterocycles. The summed E-state index contributed by atoms with van der Waals surface area (Å²) < 4.78 is 0. The van der Waals surface area contributed by atoms with Crippen molar-refractivity contribution in [3.05, 3.63) is 40.4 Å². The summed E-state index contributed by atoms with van der Waals surface area (Å²) in [4.78, 5) is 29.2. The third-order valence-corrected chi connectivity index (χ3v) is 6.95. The van der Waals surface area contributed by atoms with Gasteiger partial charge in [0.05, 0.1) is 0 Å². The lowest BCUT2D eigenvalue weighted by Gasteiger charge is -2.22. The van der Waals surface area contributed by atoms with Gasteiger partial charge in [-0.15, -0.1) is 10.2 Å². The van der Waals surface area contributed by atoms with Crippen molar-refractivity contribution < 1.29 is 9.59 Å². The van der Waals surface area contributed by atoms with Crippen LogP contribution in [0.2, 0.25) is 0 Å². The predicted molar refractivity (Wildman–Crippen MR) is 118 cm³/mol. The Balaban J connectivity index is 1.32. The van der Waals surface area contributed by atoms with Crippen molar-refractivity contribution in [1.82, 2.24) is 20.0 Å². The second-order valence-corrected chi connectivity index (χ2v) is 9.22. The summed E-state index contributed by atoms with van der Waals surface area (Å²) in [5, 5.41) is 13.0. The topological polar surface area (TPSA) is 78.4 Å². The normalized spacial score (nSPS) is 18.2. The van der Waals surface area contributed by atoms with Crippen LogP contribution in [0.5, 0.6) is 0 Å². The van der Waals surface area contributed by atoms with Crippen LogP contribution in [0.25, 0.3) is 0 Å². The van der Waals surface area contributed by atoms with E-state index in [1.165, 1.54) is 43.4 Å². The highest BCUT2D eigenvalue weighted by Crippen LogP contribution is 2.35. The lowest BCUT2D eigenvalue weighted by molar-refractivity contribution is 0.0762. The van der Waals surface area contributed by atoms with Crippen LogP contribution in [0.1, 0.15) is 65.4 Å². The predicted octanol–water partition coefficient (Wildman–Crippen LogP) is 4.27. The van der Waals surface area contributed by atoms with Crippen molar-refractivity contribution >= 4 is 28.4 Å². The molecule has 1 saturated heterocycles. The van der Waals surface area contributed by atoms with Crippen molar-refractivity contribution in [1.29, 1.82) is 0 Å². The molecule has 4 rings (SSSR count). The zero-order chi connectivity index (χ0) is 20.9. The molecule has 0 bridgehead atoms. The van der Waals surface area contributed by atoms with Gasteiger partial charge in [0.25, 0.3) is 5.91 Å². The van der Waals surface area contributed by atoms with Crippen LogP contribution in [0.15, 0.2) is 24.3 Å². The number of hydrogen-bond donors (Lipinski definition) is 1. The number of anilines is 1. The quantitative estimate of drug-likeness (QED) is 0.793. The molecule has 0 spiro atoms. The van der Waals surface area contributed by atoms with E-state index in [1.54, 1.807) is 4.90 Å². The van der Waals surface area contributed by atoms with E-state index in [0.717, 1.165) is 17.0 Å². The van der Waals surface area contributed by atoms with Gasteiger partial charge in [0.2, 0.25) is 5.13 Å². The SMILES string of the molecule is Cc1cccc(C(=O)N2CCCN(C(=O)Nc3nnc(C4CCCCC4)s3)CC2)c1. The van der Waals surface area contributed by atoms with Gasteiger partial charge in [-0.3, -0.25) is 10.1 Å². The Bertz CT molecular complexity index is 893. The number of benzene rings is 1. The summed E-state index contributed by atoms with van der Waals surface area (Å²) in [7, 11) is 0. The van der Waals surface area contributed by atoms with Crippen LogP contribution in [-0.2, 0) is 0 Å². The number of aromatic nitrogens is 2. The molecular weight excluding hydrogens is 398 g/mol. The van der Waals surface area contributed by atoms with Crippen molar-refractivity contribution in [3.63, 3.8) is 0 Å². The second-order valence-electron chi connectivity index (χ2n) is 8.21. The molecule has 0 radical (unpaired) electrons. The zero-order valence-electron chi connectivity index (χ0n) is 17.5. The van der Waals surface area contributed by atoms with Gasteiger partial charge in [-0.25, -0.2) is 4.79 Å². The average molecular weight is 428 g/mol. The Kier molecular flexibility index (Phi) is 6.62. The number of nitrogens with one attached hydrogen (secondary N) is 1. The molecule has 0 unspecified atom stereocenters. The van der Waals surface area contributed by atoms with Gasteiger partial charge in [-0.1, -0.05) is 48.3 Å². The standard InChI is InChI=1S/C22H29N5O2S/c1-16-7-5-10-18(15-16)20(28)26-11-6-12-27(14-13-26)22(29)23-21-25-24-19(30-21)17-8-3-2-4-9-17/h5,7,10,15,17H,2-4,6,8-9,11-14H2,1H3,(H,23,25,29). The first-order valence-electron chi connectivity index (χ1n) is 10.9. The minimum Gasteiger partial charge on any atom is -0.337 e. The Morgan fingerprint density at radius 1 is 1.00 bits per heavy atom. The number of aryl methyl sites for hydroxylation is 1. The van der Waals surface area contributed by atoms with E-state index in [-0.39, 0.29) is 11.9 Å². The van der Waals surface area contributed by atoms with Crippen molar-refractivity contribution in [2.75, 3.05) is 31.5 Å². The van der Waals surface area contributed by atoms with E-state index in [4.69, 9.17) is 0 Å². The van der Waals surface area contributed by atoms with Gasteiger partial charge in [-0.05, 0) is 38.3 Å². The van der Waals surface area contributed by atoms with Crippen molar-refractivity contribution in [2.45, 2.75) is 51.4 Å². The molecule has 1 N–H and O–H groups in total. The summed E-state index contributed by atoms with van der Waals surface area (Å²) in [6, 6.07) is 7.50. The summed E-state index contributed by atoms with van der Waals surface area (Å²) in [5.74, 6) is 0.517. The van der Waals surface area contributed by atoms with E-state index in [1.807, 2.05) is 36.1 Å². The maximum atomic E-state index is 12.8. The highest BCUT2D eigenvalue weighted by Gasteiger charge is 2.24. The maximum Gasteiger partial charge on any atom is 0.323 e. The fourth-order valence-corrected chi connectivity index (χ4v) is 5.16. The molecule has 1 aromatic carbocycles. The molecule has 2 aliphatic rings. The molecular formula is C22H29N5O2S. The molecule has 2 fully saturated rings. The van der Waals surface area contributed by atoms with E-state index in [2.05, 4.69) is 15.5 Å². The van der Waals surface area contributed by atoms with Gasteiger partial charge in [0.1, 0.15) is 5.01 Å². The molecule has 160 valence electrons. The minimum atomic E-state index is -0.161. The van der Waals surface area contributed by atoms with E-state index in [0.29, 0.717) is 42.8 Å². The van der Waals surface area contributed by atoms with E-state index < -0.39 is 0 Å². The fourth-order valence-electron chi connectivity index (χ4n) is 4.25. The third-order valence-electron chi connectivity index (χ3n) is 5.94. The first-order chi connectivity index (χ1) is 14.6. The molecule has 7 nitrogen and oxygen atoms in total. The van der Waals surface area contributed by atoms with Crippen LogP contribution in [0.4, 0.5) is 9.93 Å². The number of carbonyl (C=O) groups is 2. The number of amides is 3. The zero-order valence-corrected chi connectivity index (χ0v) is 18.3. The molecule has 1 aliphatic heterocycles. The molecule has 0 atom stereocenters. The average Bonchev–Trinajstić information content (AvgIpc) is 3.08. The first-order valence-corrected chi connectivity index (χ1v) is 11.7. The largest absolute Gasteiger partial charge is 0.337 e. The van der Waals surface area contributed by atoms with Crippen LogP contribution < -0.4 is 5.32 Å². The maximum absolute atomic E-state index is 12.8. The van der Waals surface area contributed by atoms with Crippen LogP contribution >= 0.6 is 11.3 Å². The number of rotatable bonds is 3. The van der Waals surface area contributed by atoms with Gasteiger partial charge in [0, 0.05) is 37.7 Å². The Hall–Kier alpha value is -2.48. The highest BCUT2D eigenvalue weighted by molar-refractivity contribution is 7.15. The molecule has 1 aromatic heterocycles. The summed E-state index contributed by atoms with van der Waals surface area (Å²) in [6.07, 6.45) is 6.89. The smallest absolute Gasteiger partial charge is 0.323 e. The lowest BCUT2D eigenvalue weighted by atomic mass is 9.90. The van der Waals surface area contributed by atoms with E-state index >= 15 is 0 Å². The summed E-state index contributed by atoms with van der Waals surface area (Å²) >= 11 is 1.50. The van der Waals surface area contributed by atoms with Crippen LogP contribution in [-0.4, -0.2) is 58.1 Å². The van der Waals surface area contributed by atoms with Gasteiger partial charge in [0.15, 0.2) is 0 Å². The summed E-state index contributed by atoms with van der Waals surface area (Å²) in [6.45, 7) is 4.30. The van der Waals surface area contributed by atoms with Gasteiger partial charge < -0.3 is 9.80 Å². The van der Waals surface area contributed by atoms with Crippen molar-refractivity contribution in [2.24, 2.45) is 0 Å². The third kappa shape index (κ3) is 4.98. The molecule has 8 heteroatoms. The molecule has 1 aliphatic carbocycles. The number of carbonyl (C=O) groups excluding carboxylic acids is 2. The Labute approximate surface area is 181 Å². The first kappa shape index (κ1) is 20.8. The lowest BCUT2D eigenvalue weighted by Crippen LogP contribution is -2.39. The van der Waals surface area contributed by atoms with E-state index in [9.17, 15) is 9.59 Å². The van der Waals surface area contributed by atoms with Crippen molar-refractivity contribution in [3.8, 4) is 0 Å². The molecule has 30 heavy (non-hydrogen) atoms. The van der Waals surface area contributed by atoms with Gasteiger partial charge in [-0.2, -0.15) is 0 Å². The number of hydrogen-bond acceptors (Lipinski definition) is 5. The highest BCUT2D eigenvalue weighted by atomic mass is 32.1. The Morgan fingerprint density at radius 3 is 2.57 bits per heavy atom. The fraction of sp³-hybridized carbons (Fsp3) is 0.545. The minimum absolute atomic E-state index is 0.0298. The molecule has 2 aromatic rings.